The Morgan fingerprint density at radius 2 is 1.90 bits per heavy atom. The van der Waals surface area contributed by atoms with E-state index in [1.807, 2.05) is 71.6 Å². The van der Waals surface area contributed by atoms with Crippen LogP contribution in [-0.4, -0.2) is 28.2 Å². The van der Waals surface area contributed by atoms with E-state index in [9.17, 15) is 9.59 Å². The fourth-order valence-electron chi connectivity index (χ4n) is 3.61. The van der Waals surface area contributed by atoms with Crippen LogP contribution >= 0.6 is 15.9 Å². The van der Waals surface area contributed by atoms with E-state index in [4.69, 9.17) is 0 Å². The molecule has 1 aliphatic rings. The molecule has 0 spiro atoms. The lowest BCUT2D eigenvalue weighted by Crippen LogP contribution is -2.31. The van der Waals surface area contributed by atoms with Crippen LogP contribution in [0, 0.1) is 0 Å². The number of hydrogen-bond acceptors (Lipinski definition) is 3. The molecule has 2 heterocycles. The summed E-state index contributed by atoms with van der Waals surface area (Å²) >= 11 is 3.45. The van der Waals surface area contributed by atoms with Crippen molar-refractivity contribution < 1.29 is 9.59 Å². The summed E-state index contributed by atoms with van der Waals surface area (Å²) in [6, 6.07) is 20.9. The number of benzene rings is 2. The number of amides is 2. The van der Waals surface area contributed by atoms with E-state index in [1.54, 1.807) is 11.1 Å². The highest BCUT2D eigenvalue weighted by molar-refractivity contribution is 9.10. The van der Waals surface area contributed by atoms with E-state index >= 15 is 0 Å². The number of halogens is 1. The quantitative estimate of drug-likeness (QED) is 0.526. The molecule has 4 rings (SSSR count). The lowest BCUT2D eigenvalue weighted by Gasteiger charge is -2.23. The van der Waals surface area contributed by atoms with E-state index < -0.39 is 0 Å². The van der Waals surface area contributed by atoms with Crippen molar-refractivity contribution in [1.29, 1.82) is 0 Å². The average molecular weight is 464 g/mol. The summed E-state index contributed by atoms with van der Waals surface area (Å²) in [5.74, 6) is 0.0796. The predicted molar refractivity (Wildman–Crippen MR) is 120 cm³/mol. The molecule has 5 nitrogen and oxygen atoms in total. The smallest absolute Gasteiger partial charge is 0.258 e. The van der Waals surface area contributed by atoms with Crippen molar-refractivity contribution >= 4 is 33.4 Å². The lowest BCUT2D eigenvalue weighted by molar-refractivity contribution is -0.128. The largest absolute Gasteiger partial charge is 0.338 e. The summed E-state index contributed by atoms with van der Waals surface area (Å²) in [6.07, 6.45) is 3.24. The molecule has 6 heteroatoms. The second-order valence-corrected chi connectivity index (χ2v) is 8.22. The number of aromatic nitrogens is 1. The molecule has 3 aromatic rings. The van der Waals surface area contributed by atoms with Crippen LogP contribution in [0.5, 0.6) is 0 Å². The number of nitrogens with zero attached hydrogens (tertiary/aromatic N) is 3. The number of carbonyl (C=O) groups is 2. The molecule has 0 atom stereocenters. The van der Waals surface area contributed by atoms with E-state index in [0.29, 0.717) is 25.1 Å². The Labute approximate surface area is 184 Å². The van der Waals surface area contributed by atoms with Crippen molar-refractivity contribution in [2.45, 2.75) is 25.9 Å². The monoisotopic (exact) mass is 463 g/mol. The third kappa shape index (κ3) is 4.76. The SMILES string of the molecule is O=C1CCCN1Cc1cccc(C(=O)N(Cc2ccccn2)c2ccc(Br)cc2)c1. The molecule has 1 saturated heterocycles. The minimum Gasteiger partial charge on any atom is -0.338 e. The van der Waals surface area contributed by atoms with E-state index in [1.165, 1.54) is 0 Å². The molecule has 0 saturated carbocycles. The summed E-state index contributed by atoms with van der Waals surface area (Å²) in [5, 5.41) is 0. The van der Waals surface area contributed by atoms with Crippen LogP contribution in [0.3, 0.4) is 0 Å². The van der Waals surface area contributed by atoms with Gasteiger partial charge in [-0.05, 0) is 60.5 Å². The first kappa shape index (κ1) is 20.3. The van der Waals surface area contributed by atoms with Gasteiger partial charge in [-0.15, -0.1) is 0 Å². The molecule has 2 amide bonds. The highest BCUT2D eigenvalue weighted by Crippen LogP contribution is 2.23. The maximum absolute atomic E-state index is 13.5. The second-order valence-electron chi connectivity index (χ2n) is 7.31. The van der Waals surface area contributed by atoms with Gasteiger partial charge in [0.2, 0.25) is 5.91 Å². The maximum Gasteiger partial charge on any atom is 0.258 e. The molecule has 0 radical (unpaired) electrons. The fourth-order valence-corrected chi connectivity index (χ4v) is 3.87. The third-order valence-corrected chi connectivity index (χ3v) is 5.68. The fraction of sp³-hybridized carbons (Fsp3) is 0.208. The van der Waals surface area contributed by atoms with E-state index in [0.717, 1.165) is 34.4 Å². The number of hydrogen-bond donors (Lipinski definition) is 0. The van der Waals surface area contributed by atoms with Gasteiger partial charge < -0.3 is 9.80 Å². The Bertz CT molecular complexity index is 1040. The zero-order chi connectivity index (χ0) is 20.9. The summed E-state index contributed by atoms with van der Waals surface area (Å²) in [6.45, 7) is 1.69. The molecule has 0 bridgehead atoms. The van der Waals surface area contributed by atoms with E-state index in [-0.39, 0.29) is 11.8 Å². The Balaban J connectivity index is 1.61. The van der Waals surface area contributed by atoms with Crippen LogP contribution in [0.4, 0.5) is 5.69 Å². The number of pyridine rings is 1. The van der Waals surface area contributed by atoms with Gasteiger partial charge in [0, 0.05) is 41.4 Å². The normalized spacial score (nSPS) is 13.5. The molecule has 1 fully saturated rings. The summed E-state index contributed by atoms with van der Waals surface area (Å²) < 4.78 is 0.953. The number of anilines is 1. The maximum atomic E-state index is 13.5. The highest BCUT2D eigenvalue weighted by Gasteiger charge is 2.22. The van der Waals surface area contributed by atoms with Crippen molar-refractivity contribution in [3.63, 3.8) is 0 Å². The molecule has 0 N–H and O–H groups in total. The van der Waals surface area contributed by atoms with Crippen LogP contribution in [0.2, 0.25) is 0 Å². The van der Waals surface area contributed by atoms with Crippen molar-refractivity contribution in [2.24, 2.45) is 0 Å². The lowest BCUT2D eigenvalue weighted by atomic mass is 10.1. The molecule has 2 aromatic carbocycles. The van der Waals surface area contributed by atoms with Crippen LogP contribution in [0.1, 0.15) is 34.5 Å². The predicted octanol–water partition coefficient (Wildman–Crippen LogP) is 4.81. The van der Waals surface area contributed by atoms with Gasteiger partial charge in [-0.2, -0.15) is 0 Å². The molecule has 30 heavy (non-hydrogen) atoms. The van der Waals surface area contributed by atoms with Gasteiger partial charge in [0.15, 0.2) is 0 Å². The molecule has 1 aliphatic heterocycles. The van der Waals surface area contributed by atoms with E-state index in [2.05, 4.69) is 20.9 Å². The molecular formula is C24H22BrN3O2. The first-order valence-corrected chi connectivity index (χ1v) is 10.7. The van der Waals surface area contributed by atoms with Crippen molar-refractivity contribution in [3.05, 3.63) is 94.2 Å². The third-order valence-electron chi connectivity index (χ3n) is 5.15. The first-order valence-electron chi connectivity index (χ1n) is 9.94. The van der Waals surface area contributed by atoms with Gasteiger partial charge in [0.05, 0.1) is 12.2 Å². The molecular weight excluding hydrogens is 442 g/mol. The van der Waals surface area contributed by atoms with Crippen molar-refractivity contribution in [2.75, 3.05) is 11.4 Å². The Hall–Kier alpha value is -2.99. The van der Waals surface area contributed by atoms with Gasteiger partial charge >= 0.3 is 0 Å². The van der Waals surface area contributed by atoms with Crippen molar-refractivity contribution in [3.8, 4) is 0 Å². The second kappa shape index (κ2) is 9.22. The van der Waals surface area contributed by atoms with Crippen LogP contribution in [-0.2, 0) is 17.9 Å². The van der Waals surface area contributed by atoms with Gasteiger partial charge in [0.1, 0.15) is 0 Å². The average Bonchev–Trinajstić information content (AvgIpc) is 3.17. The van der Waals surface area contributed by atoms with Gasteiger partial charge in [-0.3, -0.25) is 14.6 Å². The van der Waals surface area contributed by atoms with Crippen LogP contribution in [0.25, 0.3) is 0 Å². The number of likely N-dealkylation sites (tertiary alicyclic amines) is 1. The topological polar surface area (TPSA) is 53.5 Å². The molecule has 0 unspecified atom stereocenters. The van der Waals surface area contributed by atoms with Crippen LogP contribution in [0.15, 0.2) is 77.4 Å². The van der Waals surface area contributed by atoms with Gasteiger partial charge in [0.25, 0.3) is 5.91 Å². The van der Waals surface area contributed by atoms with Crippen LogP contribution < -0.4 is 4.90 Å². The van der Waals surface area contributed by atoms with Gasteiger partial charge in [-0.1, -0.05) is 34.1 Å². The standard InChI is InChI=1S/C24H22BrN3O2/c25-20-9-11-22(12-10-20)28(17-21-7-1-2-13-26-21)24(30)19-6-3-5-18(15-19)16-27-14-4-8-23(27)29/h1-3,5-7,9-13,15H,4,8,14,16-17H2. The first-order chi connectivity index (χ1) is 14.6. The number of carbonyl (C=O) groups excluding carboxylic acids is 2. The number of rotatable bonds is 6. The highest BCUT2D eigenvalue weighted by atomic mass is 79.9. The summed E-state index contributed by atoms with van der Waals surface area (Å²) in [4.78, 5) is 33.4. The minimum atomic E-state index is -0.0995. The molecule has 152 valence electrons. The zero-order valence-electron chi connectivity index (χ0n) is 16.5. The Morgan fingerprint density at radius 1 is 1.07 bits per heavy atom. The minimum absolute atomic E-state index is 0.0995. The summed E-state index contributed by atoms with van der Waals surface area (Å²) in [7, 11) is 0. The van der Waals surface area contributed by atoms with Crippen molar-refractivity contribution in [1.82, 2.24) is 9.88 Å². The summed E-state index contributed by atoms with van der Waals surface area (Å²) in [5.41, 5.74) is 3.17. The Morgan fingerprint density at radius 3 is 2.60 bits per heavy atom. The van der Waals surface area contributed by atoms with Gasteiger partial charge in [-0.25, -0.2) is 0 Å². The zero-order valence-corrected chi connectivity index (χ0v) is 18.1. The Kier molecular flexibility index (Phi) is 6.23. The molecule has 0 aliphatic carbocycles. The molecule has 1 aromatic heterocycles.